The Balaban J connectivity index is 1.82. The number of ether oxygens (including phenoxy) is 2. The van der Waals surface area contributed by atoms with Crippen LogP contribution in [0.25, 0.3) is 0 Å². The number of methoxy groups -OCH3 is 1. The van der Waals surface area contributed by atoms with Crippen molar-refractivity contribution in [2.75, 3.05) is 13.7 Å². The Labute approximate surface area is 90.4 Å². The lowest BCUT2D eigenvalue weighted by Crippen LogP contribution is -2.20. The molecule has 0 aromatic carbocycles. The highest BCUT2D eigenvalue weighted by atomic mass is 16.7. The zero-order valence-corrected chi connectivity index (χ0v) is 9.36. The van der Waals surface area contributed by atoms with Gasteiger partial charge in [0.15, 0.2) is 0 Å². The van der Waals surface area contributed by atoms with Gasteiger partial charge >= 0.3 is 6.16 Å². The lowest BCUT2D eigenvalue weighted by atomic mass is 9.86. The summed E-state index contributed by atoms with van der Waals surface area (Å²) in [5, 5.41) is 0. The second kappa shape index (κ2) is 4.25. The summed E-state index contributed by atoms with van der Waals surface area (Å²) in [5.74, 6) is 2.04. The minimum atomic E-state index is -0.552. The number of fused-ring (bicyclic) bond motifs is 2. The van der Waals surface area contributed by atoms with Crippen LogP contribution in [0.1, 0.15) is 26.2 Å². The molecule has 0 radical (unpaired) electrons. The minimum absolute atomic E-state index is 0.533. The normalized spacial score (nSPS) is 35.9. The van der Waals surface area contributed by atoms with Crippen LogP contribution >= 0.6 is 0 Å². The molecule has 0 N–H and O–H groups in total. The van der Waals surface area contributed by atoms with Crippen molar-refractivity contribution in [1.29, 1.82) is 0 Å². The molecule has 2 rings (SSSR count). The zero-order valence-electron chi connectivity index (χ0n) is 9.36. The van der Waals surface area contributed by atoms with Gasteiger partial charge in [0, 0.05) is 0 Å². The second-order valence-electron chi connectivity index (χ2n) is 4.52. The SMILES string of the molecule is C/C=C1\CC2CC1CC2COC(=O)OC. The summed E-state index contributed by atoms with van der Waals surface area (Å²) >= 11 is 0. The molecule has 15 heavy (non-hydrogen) atoms. The highest BCUT2D eigenvalue weighted by Gasteiger charge is 2.42. The van der Waals surface area contributed by atoms with E-state index in [1.807, 2.05) is 0 Å². The van der Waals surface area contributed by atoms with E-state index in [2.05, 4.69) is 17.7 Å². The molecule has 84 valence electrons. The topological polar surface area (TPSA) is 35.5 Å². The molecule has 2 bridgehead atoms. The van der Waals surface area contributed by atoms with Crippen LogP contribution in [0.15, 0.2) is 11.6 Å². The van der Waals surface area contributed by atoms with Gasteiger partial charge < -0.3 is 9.47 Å². The van der Waals surface area contributed by atoms with Crippen LogP contribution in [0.4, 0.5) is 4.79 Å². The van der Waals surface area contributed by atoms with Gasteiger partial charge in [0.25, 0.3) is 0 Å². The van der Waals surface area contributed by atoms with Gasteiger partial charge in [0.2, 0.25) is 0 Å². The summed E-state index contributed by atoms with van der Waals surface area (Å²) < 4.78 is 9.48. The van der Waals surface area contributed by atoms with Crippen LogP contribution in [-0.4, -0.2) is 19.9 Å². The largest absolute Gasteiger partial charge is 0.507 e. The Morgan fingerprint density at radius 3 is 2.87 bits per heavy atom. The molecule has 0 amide bonds. The van der Waals surface area contributed by atoms with Crippen molar-refractivity contribution in [2.45, 2.75) is 26.2 Å². The first-order chi connectivity index (χ1) is 7.24. The molecular formula is C12H18O3. The molecule has 0 spiro atoms. The van der Waals surface area contributed by atoms with Crippen molar-refractivity contribution in [1.82, 2.24) is 0 Å². The Kier molecular flexibility index (Phi) is 2.98. The fourth-order valence-electron chi connectivity index (χ4n) is 3.03. The van der Waals surface area contributed by atoms with Crippen LogP contribution in [0.3, 0.4) is 0 Å². The predicted octanol–water partition coefficient (Wildman–Crippen LogP) is 2.76. The summed E-state index contributed by atoms with van der Waals surface area (Å²) in [4.78, 5) is 10.8. The van der Waals surface area contributed by atoms with Gasteiger partial charge in [-0.3, -0.25) is 0 Å². The summed E-state index contributed by atoms with van der Waals surface area (Å²) in [5.41, 5.74) is 1.61. The molecule has 3 unspecified atom stereocenters. The molecular weight excluding hydrogens is 192 g/mol. The van der Waals surface area contributed by atoms with Crippen molar-refractivity contribution in [3.63, 3.8) is 0 Å². The van der Waals surface area contributed by atoms with E-state index in [4.69, 9.17) is 4.74 Å². The molecule has 0 heterocycles. The number of carbonyl (C=O) groups excluding carboxylic acids is 1. The van der Waals surface area contributed by atoms with E-state index in [9.17, 15) is 4.79 Å². The summed E-state index contributed by atoms with van der Waals surface area (Å²) in [6, 6.07) is 0. The smallest absolute Gasteiger partial charge is 0.438 e. The van der Waals surface area contributed by atoms with Gasteiger partial charge in [0.05, 0.1) is 13.7 Å². The number of hydrogen-bond donors (Lipinski definition) is 0. The van der Waals surface area contributed by atoms with E-state index < -0.39 is 6.16 Å². The maximum atomic E-state index is 10.8. The average molecular weight is 210 g/mol. The molecule has 3 atom stereocenters. The van der Waals surface area contributed by atoms with Crippen molar-refractivity contribution >= 4 is 6.16 Å². The van der Waals surface area contributed by atoms with Crippen LogP contribution in [-0.2, 0) is 9.47 Å². The third-order valence-electron chi connectivity index (χ3n) is 3.82. The zero-order chi connectivity index (χ0) is 10.8. The highest BCUT2D eigenvalue weighted by Crippen LogP contribution is 2.51. The van der Waals surface area contributed by atoms with E-state index in [0.29, 0.717) is 12.5 Å². The van der Waals surface area contributed by atoms with Gasteiger partial charge in [-0.15, -0.1) is 0 Å². The quantitative estimate of drug-likeness (QED) is 0.519. The molecule has 3 nitrogen and oxygen atoms in total. The van der Waals surface area contributed by atoms with E-state index in [1.54, 1.807) is 5.57 Å². The predicted molar refractivity (Wildman–Crippen MR) is 56.4 cm³/mol. The Morgan fingerprint density at radius 1 is 1.53 bits per heavy atom. The van der Waals surface area contributed by atoms with E-state index in [1.165, 1.54) is 26.4 Å². The molecule has 0 aliphatic heterocycles. The summed E-state index contributed by atoms with van der Waals surface area (Å²) in [6.45, 7) is 2.65. The lowest BCUT2D eigenvalue weighted by molar-refractivity contribution is 0.0532. The standard InChI is InChI=1S/C12H18O3/c1-3-8-4-10-5-9(8)6-11(10)7-15-12(13)14-2/h3,9-11H,4-7H2,1-2H3/b8-3+. The van der Waals surface area contributed by atoms with Gasteiger partial charge in [0.1, 0.15) is 0 Å². The van der Waals surface area contributed by atoms with Crippen molar-refractivity contribution in [3.05, 3.63) is 11.6 Å². The molecule has 2 aliphatic carbocycles. The van der Waals surface area contributed by atoms with Gasteiger partial charge in [-0.1, -0.05) is 11.6 Å². The van der Waals surface area contributed by atoms with Crippen LogP contribution < -0.4 is 0 Å². The molecule has 0 aromatic heterocycles. The summed E-state index contributed by atoms with van der Waals surface area (Å²) in [6.07, 6.45) is 5.37. The number of rotatable bonds is 2. The van der Waals surface area contributed by atoms with Crippen molar-refractivity contribution in [3.8, 4) is 0 Å². The van der Waals surface area contributed by atoms with Gasteiger partial charge in [-0.25, -0.2) is 4.79 Å². The Morgan fingerprint density at radius 2 is 2.33 bits per heavy atom. The lowest BCUT2D eigenvalue weighted by Gasteiger charge is -2.22. The second-order valence-corrected chi connectivity index (χ2v) is 4.52. The molecule has 2 saturated carbocycles. The van der Waals surface area contributed by atoms with Crippen LogP contribution in [0.5, 0.6) is 0 Å². The fourth-order valence-corrected chi connectivity index (χ4v) is 3.03. The molecule has 2 aliphatic rings. The van der Waals surface area contributed by atoms with Crippen LogP contribution in [0, 0.1) is 17.8 Å². The molecule has 2 fully saturated rings. The molecule has 3 heteroatoms. The fraction of sp³-hybridized carbons (Fsp3) is 0.750. The molecule has 0 saturated heterocycles. The minimum Gasteiger partial charge on any atom is -0.438 e. The van der Waals surface area contributed by atoms with Gasteiger partial charge in [-0.05, 0) is 43.9 Å². The number of carbonyl (C=O) groups is 1. The van der Waals surface area contributed by atoms with Gasteiger partial charge in [-0.2, -0.15) is 0 Å². The van der Waals surface area contributed by atoms with Crippen molar-refractivity contribution in [2.24, 2.45) is 17.8 Å². The highest BCUT2D eigenvalue weighted by molar-refractivity contribution is 5.59. The van der Waals surface area contributed by atoms with E-state index in [-0.39, 0.29) is 0 Å². The third kappa shape index (κ3) is 2.01. The average Bonchev–Trinajstić information content (AvgIpc) is 2.84. The third-order valence-corrected chi connectivity index (χ3v) is 3.82. The first-order valence-electron chi connectivity index (χ1n) is 5.60. The Bertz CT molecular complexity index is 283. The molecule has 0 aromatic rings. The maximum absolute atomic E-state index is 10.8. The van der Waals surface area contributed by atoms with E-state index in [0.717, 1.165) is 11.8 Å². The number of allylic oxidation sites excluding steroid dienone is 2. The number of hydrogen-bond acceptors (Lipinski definition) is 3. The van der Waals surface area contributed by atoms with E-state index >= 15 is 0 Å². The first-order valence-corrected chi connectivity index (χ1v) is 5.60. The monoisotopic (exact) mass is 210 g/mol. The first kappa shape index (κ1) is 10.5. The van der Waals surface area contributed by atoms with Crippen molar-refractivity contribution < 1.29 is 14.3 Å². The Hall–Kier alpha value is -0.990. The maximum Gasteiger partial charge on any atom is 0.507 e. The van der Waals surface area contributed by atoms with Crippen LogP contribution in [0.2, 0.25) is 0 Å². The summed E-state index contributed by atoms with van der Waals surface area (Å²) in [7, 11) is 1.35.